The summed E-state index contributed by atoms with van der Waals surface area (Å²) in [6, 6.07) is 39.4. The van der Waals surface area contributed by atoms with Crippen molar-refractivity contribution in [2.45, 2.75) is 45.4 Å². The van der Waals surface area contributed by atoms with Crippen LogP contribution in [0.5, 0.6) is 0 Å². The average molecular weight is 561 g/mol. The molecule has 0 atom stereocenters. The number of piperidine rings is 2. The zero-order valence-electron chi connectivity index (χ0n) is 25.3. The van der Waals surface area contributed by atoms with E-state index < -0.39 is 0 Å². The molecule has 2 heterocycles. The number of fused-ring (bicyclic) bond motifs is 3. The molecule has 2 saturated heterocycles. The van der Waals surface area contributed by atoms with Crippen LogP contribution in [0, 0.1) is 6.92 Å². The molecule has 2 heteroatoms. The van der Waals surface area contributed by atoms with E-state index in [-0.39, 0.29) is 0 Å². The molecular weight excluding hydrogens is 520 g/mol. The Labute approximate surface area is 255 Å². The van der Waals surface area contributed by atoms with Crippen LogP contribution in [0.25, 0.3) is 54.6 Å². The SMILES string of the molecule is Cc1ccccc1-c1c2cc(N3CCCCC3)ccc2c(-c2cccc3ccccc23)c2cc(N3CCCCC3)ccc12. The molecule has 2 aliphatic rings. The number of benzene rings is 6. The Bertz CT molecular complexity index is 1950. The number of nitrogens with zero attached hydrogens (tertiary/aromatic N) is 2. The molecule has 43 heavy (non-hydrogen) atoms. The third-order valence-corrected chi connectivity index (χ3v) is 10.00. The van der Waals surface area contributed by atoms with Crippen LogP contribution in [0.15, 0.2) is 103 Å². The first-order chi connectivity index (χ1) is 21.3. The Morgan fingerprint density at radius 2 is 0.930 bits per heavy atom. The normalized spacial score (nSPS) is 15.9. The molecule has 2 nitrogen and oxygen atoms in total. The van der Waals surface area contributed by atoms with Gasteiger partial charge < -0.3 is 9.80 Å². The van der Waals surface area contributed by atoms with Gasteiger partial charge in [0, 0.05) is 37.6 Å². The highest BCUT2D eigenvalue weighted by atomic mass is 15.1. The van der Waals surface area contributed by atoms with Gasteiger partial charge in [-0.2, -0.15) is 0 Å². The fourth-order valence-electron chi connectivity index (χ4n) is 7.78. The Kier molecular flexibility index (Phi) is 6.79. The van der Waals surface area contributed by atoms with Crippen molar-refractivity contribution >= 4 is 43.7 Å². The lowest BCUT2D eigenvalue weighted by atomic mass is 9.83. The van der Waals surface area contributed by atoms with Crippen LogP contribution >= 0.6 is 0 Å². The number of aryl methyl sites for hydroxylation is 1. The van der Waals surface area contributed by atoms with Crippen LogP contribution < -0.4 is 9.80 Å². The topological polar surface area (TPSA) is 6.48 Å². The van der Waals surface area contributed by atoms with E-state index in [9.17, 15) is 0 Å². The van der Waals surface area contributed by atoms with Crippen molar-refractivity contribution in [3.05, 3.63) is 109 Å². The molecule has 0 amide bonds. The predicted molar refractivity (Wildman–Crippen MR) is 187 cm³/mol. The second-order valence-electron chi connectivity index (χ2n) is 12.6. The van der Waals surface area contributed by atoms with E-state index in [0.29, 0.717) is 0 Å². The van der Waals surface area contributed by atoms with Crippen LogP contribution in [0.2, 0.25) is 0 Å². The van der Waals surface area contributed by atoms with Gasteiger partial charge in [0.25, 0.3) is 0 Å². The lowest BCUT2D eigenvalue weighted by molar-refractivity contribution is 0.578. The summed E-state index contributed by atoms with van der Waals surface area (Å²) in [6.07, 6.45) is 7.79. The van der Waals surface area contributed by atoms with Crippen molar-refractivity contribution in [1.29, 1.82) is 0 Å². The molecule has 0 aliphatic carbocycles. The van der Waals surface area contributed by atoms with Crippen LogP contribution in [0.3, 0.4) is 0 Å². The van der Waals surface area contributed by atoms with Crippen molar-refractivity contribution in [2.24, 2.45) is 0 Å². The van der Waals surface area contributed by atoms with Crippen molar-refractivity contribution in [3.8, 4) is 22.3 Å². The van der Waals surface area contributed by atoms with E-state index in [1.54, 1.807) is 0 Å². The summed E-state index contributed by atoms with van der Waals surface area (Å²) in [7, 11) is 0. The van der Waals surface area contributed by atoms with E-state index in [2.05, 4.69) is 120 Å². The summed E-state index contributed by atoms with van der Waals surface area (Å²) in [6.45, 7) is 6.85. The van der Waals surface area contributed by atoms with Crippen molar-refractivity contribution in [1.82, 2.24) is 0 Å². The zero-order chi connectivity index (χ0) is 28.8. The first-order valence-corrected chi connectivity index (χ1v) is 16.3. The van der Waals surface area contributed by atoms with Gasteiger partial charge in [-0.15, -0.1) is 0 Å². The van der Waals surface area contributed by atoms with Crippen molar-refractivity contribution < 1.29 is 0 Å². The molecule has 0 N–H and O–H groups in total. The van der Waals surface area contributed by atoms with Gasteiger partial charge >= 0.3 is 0 Å². The number of rotatable bonds is 4. The summed E-state index contributed by atoms with van der Waals surface area (Å²) in [4.78, 5) is 5.21. The minimum atomic E-state index is 1.15. The minimum Gasteiger partial charge on any atom is -0.372 e. The predicted octanol–water partition coefficient (Wildman–Crippen LogP) is 10.8. The van der Waals surface area contributed by atoms with Gasteiger partial charge in [0.2, 0.25) is 0 Å². The van der Waals surface area contributed by atoms with Gasteiger partial charge in [-0.1, -0.05) is 78.9 Å². The Morgan fingerprint density at radius 3 is 1.56 bits per heavy atom. The summed E-state index contributed by atoms with van der Waals surface area (Å²) >= 11 is 0. The molecule has 0 spiro atoms. The molecule has 214 valence electrons. The van der Waals surface area contributed by atoms with Gasteiger partial charge in [0.15, 0.2) is 0 Å². The maximum absolute atomic E-state index is 2.60. The van der Waals surface area contributed by atoms with Crippen LogP contribution in [-0.4, -0.2) is 26.2 Å². The molecule has 2 aliphatic heterocycles. The smallest absolute Gasteiger partial charge is 0.0372 e. The average Bonchev–Trinajstić information content (AvgIpc) is 3.08. The van der Waals surface area contributed by atoms with Gasteiger partial charge in [0.05, 0.1) is 0 Å². The van der Waals surface area contributed by atoms with Gasteiger partial charge in [-0.05, 0) is 130 Å². The van der Waals surface area contributed by atoms with E-state index in [0.717, 1.165) is 26.2 Å². The third kappa shape index (κ3) is 4.65. The zero-order valence-corrected chi connectivity index (χ0v) is 25.3. The van der Waals surface area contributed by atoms with E-state index in [1.807, 2.05) is 0 Å². The van der Waals surface area contributed by atoms with E-state index in [1.165, 1.54) is 110 Å². The summed E-state index contributed by atoms with van der Waals surface area (Å²) in [5.74, 6) is 0. The summed E-state index contributed by atoms with van der Waals surface area (Å²) < 4.78 is 0. The molecule has 2 fully saturated rings. The molecular formula is C41H40N2. The largest absolute Gasteiger partial charge is 0.372 e. The fraction of sp³-hybridized carbons (Fsp3) is 0.268. The standard InChI is InChI=1S/C41H40N2/c1-29-13-4-6-16-33(29)40-36-21-19-32(43-25-10-3-11-26-43)28-39(36)41(35-18-12-15-30-14-5-7-17-34(30)35)37-22-20-31(27-38(37)40)42-23-8-2-9-24-42/h4-7,12-22,27-28H,2-3,8-11,23-26H2,1H3. The second-order valence-corrected chi connectivity index (χ2v) is 12.6. The van der Waals surface area contributed by atoms with E-state index in [4.69, 9.17) is 0 Å². The molecule has 0 unspecified atom stereocenters. The molecule has 8 rings (SSSR count). The fourth-order valence-corrected chi connectivity index (χ4v) is 7.78. The summed E-state index contributed by atoms with van der Waals surface area (Å²) in [5.41, 5.74) is 9.43. The van der Waals surface area contributed by atoms with E-state index >= 15 is 0 Å². The molecule has 6 aromatic rings. The Hall–Kier alpha value is -4.30. The highest BCUT2D eigenvalue weighted by Crippen LogP contribution is 2.48. The summed E-state index contributed by atoms with van der Waals surface area (Å²) in [5, 5.41) is 8.02. The highest BCUT2D eigenvalue weighted by Gasteiger charge is 2.22. The quantitative estimate of drug-likeness (QED) is 0.198. The lowest BCUT2D eigenvalue weighted by Gasteiger charge is -2.30. The first kappa shape index (κ1) is 26.3. The molecule has 0 bridgehead atoms. The number of anilines is 2. The molecule has 6 aromatic carbocycles. The van der Waals surface area contributed by atoms with Crippen molar-refractivity contribution in [3.63, 3.8) is 0 Å². The monoisotopic (exact) mass is 560 g/mol. The lowest BCUT2D eigenvalue weighted by Crippen LogP contribution is -2.29. The first-order valence-electron chi connectivity index (χ1n) is 16.3. The Balaban J connectivity index is 1.51. The second kappa shape index (κ2) is 11.1. The van der Waals surface area contributed by atoms with Gasteiger partial charge in [-0.25, -0.2) is 0 Å². The highest BCUT2D eigenvalue weighted by molar-refractivity contribution is 6.24. The van der Waals surface area contributed by atoms with Gasteiger partial charge in [0.1, 0.15) is 0 Å². The Morgan fingerprint density at radius 1 is 0.419 bits per heavy atom. The molecule has 0 aromatic heterocycles. The molecule has 0 radical (unpaired) electrons. The number of hydrogen-bond donors (Lipinski definition) is 0. The third-order valence-electron chi connectivity index (χ3n) is 10.00. The number of hydrogen-bond acceptors (Lipinski definition) is 2. The minimum absolute atomic E-state index is 1.15. The van der Waals surface area contributed by atoms with Crippen LogP contribution in [0.1, 0.15) is 44.1 Å². The maximum atomic E-state index is 2.60. The van der Waals surface area contributed by atoms with Crippen molar-refractivity contribution in [2.75, 3.05) is 36.0 Å². The van der Waals surface area contributed by atoms with Crippen LogP contribution in [-0.2, 0) is 0 Å². The van der Waals surface area contributed by atoms with Gasteiger partial charge in [-0.3, -0.25) is 0 Å². The maximum Gasteiger partial charge on any atom is 0.0372 e. The molecule has 0 saturated carbocycles. The van der Waals surface area contributed by atoms with Crippen LogP contribution in [0.4, 0.5) is 11.4 Å².